The Morgan fingerprint density at radius 3 is 2.81 bits per heavy atom. The summed E-state index contributed by atoms with van der Waals surface area (Å²) in [5.74, 6) is 0.414. The first kappa shape index (κ1) is 16.0. The van der Waals surface area contributed by atoms with Gasteiger partial charge in [-0.1, -0.05) is 24.6 Å². The van der Waals surface area contributed by atoms with E-state index in [-0.39, 0.29) is 12.0 Å². The van der Waals surface area contributed by atoms with E-state index in [1.54, 1.807) is 0 Å². The molecule has 0 heterocycles. The second kappa shape index (κ2) is 7.57. The van der Waals surface area contributed by atoms with Crippen LogP contribution in [0.4, 0.5) is 5.69 Å². The third-order valence-corrected chi connectivity index (χ3v) is 4.30. The maximum atomic E-state index is 12.0. The van der Waals surface area contributed by atoms with Crippen LogP contribution < -0.4 is 5.32 Å². The monoisotopic (exact) mass is 290 g/mol. The molecular formula is C17H26N2O2. The molecule has 1 aliphatic carbocycles. The molecule has 1 aromatic rings. The minimum Gasteiger partial charge on any atom is -0.393 e. The Morgan fingerprint density at radius 2 is 2.14 bits per heavy atom. The minimum absolute atomic E-state index is 0.0446. The van der Waals surface area contributed by atoms with Gasteiger partial charge in [0.15, 0.2) is 0 Å². The zero-order valence-electron chi connectivity index (χ0n) is 13.0. The molecule has 116 valence electrons. The maximum absolute atomic E-state index is 12.0. The van der Waals surface area contributed by atoms with Crippen molar-refractivity contribution >= 4 is 11.6 Å². The molecule has 2 atom stereocenters. The molecule has 0 bridgehead atoms. The van der Waals surface area contributed by atoms with E-state index in [9.17, 15) is 9.90 Å². The van der Waals surface area contributed by atoms with E-state index in [1.807, 2.05) is 38.2 Å². The van der Waals surface area contributed by atoms with Crippen molar-refractivity contribution in [3.8, 4) is 0 Å². The summed E-state index contributed by atoms with van der Waals surface area (Å²) in [5.41, 5.74) is 1.96. The van der Waals surface area contributed by atoms with Crippen LogP contribution in [-0.2, 0) is 4.79 Å². The summed E-state index contributed by atoms with van der Waals surface area (Å²) in [5, 5.41) is 12.8. The van der Waals surface area contributed by atoms with Crippen LogP contribution in [0.15, 0.2) is 24.3 Å². The first-order valence-electron chi connectivity index (χ1n) is 7.78. The van der Waals surface area contributed by atoms with Gasteiger partial charge in [0.25, 0.3) is 0 Å². The van der Waals surface area contributed by atoms with Crippen LogP contribution >= 0.6 is 0 Å². The number of anilines is 1. The first-order chi connectivity index (χ1) is 10.1. The number of para-hydroxylation sites is 1. The number of aryl methyl sites for hydroxylation is 1. The van der Waals surface area contributed by atoms with E-state index in [0.717, 1.165) is 43.6 Å². The molecule has 0 spiro atoms. The van der Waals surface area contributed by atoms with Gasteiger partial charge < -0.3 is 15.3 Å². The molecular weight excluding hydrogens is 264 g/mol. The molecule has 1 fully saturated rings. The van der Waals surface area contributed by atoms with E-state index in [0.29, 0.717) is 12.3 Å². The predicted octanol–water partition coefficient (Wildman–Crippen LogP) is 2.42. The van der Waals surface area contributed by atoms with Gasteiger partial charge in [-0.15, -0.1) is 0 Å². The van der Waals surface area contributed by atoms with Gasteiger partial charge in [-0.25, -0.2) is 0 Å². The molecule has 2 rings (SSSR count). The van der Waals surface area contributed by atoms with E-state index in [1.165, 1.54) is 0 Å². The second-order valence-corrected chi connectivity index (χ2v) is 6.13. The Kier molecular flexibility index (Phi) is 5.76. The standard InChI is InChI=1S/C17H26N2O2/c1-13-6-3-4-8-15(13)18-17(21)10-11-19(2)12-14-7-5-9-16(14)20/h3-4,6,8,14,16,20H,5,7,9-12H2,1-2H3,(H,18,21). The number of hydrogen-bond acceptors (Lipinski definition) is 3. The fourth-order valence-electron chi connectivity index (χ4n) is 2.94. The Balaban J connectivity index is 1.72. The third-order valence-electron chi connectivity index (χ3n) is 4.30. The lowest BCUT2D eigenvalue weighted by Crippen LogP contribution is -2.32. The number of nitrogens with one attached hydrogen (secondary N) is 1. The Hall–Kier alpha value is -1.39. The number of carbonyl (C=O) groups excluding carboxylic acids is 1. The number of carbonyl (C=O) groups is 1. The lowest BCUT2D eigenvalue weighted by Gasteiger charge is -2.22. The molecule has 1 saturated carbocycles. The maximum Gasteiger partial charge on any atom is 0.225 e. The summed E-state index contributed by atoms with van der Waals surface area (Å²) in [7, 11) is 2.02. The van der Waals surface area contributed by atoms with Crippen molar-refractivity contribution in [1.82, 2.24) is 4.90 Å². The summed E-state index contributed by atoms with van der Waals surface area (Å²) >= 11 is 0. The van der Waals surface area contributed by atoms with Crippen molar-refractivity contribution in [2.24, 2.45) is 5.92 Å². The van der Waals surface area contributed by atoms with Crippen LogP contribution in [-0.4, -0.2) is 42.2 Å². The van der Waals surface area contributed by atoms with Gasteiger partial charge in [0.2, 0.25) is 5.91 Å². The van der Waals surface area contributed by atoms with Crippen LogP contribution in [0, 0.1) is 12.8 Å². The molecule has 1 aromatic carbocycles. The topological polar surface area (TPSA) is 52.6 Å². The van der Waals surface area contributed by atoms with Crippen LogP contribution in [0.5, 0.6) is 0 Å². The highest BCUT2D eigenvalue weighted by atomic mass is 16.3. The predicted molar refractivity (Wildman–Crippen MR) is 85.3 cm³/mol. The Morgan fingerprint density at radius 1 is 1.38 bits per heavy atom. The van der Waals surface area contributed by atoms with Gasteiger partial charge in [-0.2, -0.15) is 0 Å². The fraction of sp³-hybridized carbons (Fsp3) is 0.588. The number of amides is 1. The van der Waals surface area contributed by atoms with Crippen molar-refractivity contribution in [3.63, 3.8) is 0 Å². The van der Waals surface area contributed by atoms with Crippen LogP contribution in [0.3, 0.4) is 0 Å². The molecule has 0 saturated heterocycles. The fourth-order valence-corrected chi connectivity index (χ4v) is 2.94. The van der Waals surface area contributed by atoms with Gasteiger partial charge in [0.1, 0.15) is 0 Å². The lowest BCUT2D eigenvalue weighted by molar-refractivity contribution is -0.116. The van der Waals surface area contributed by atoms with E-state index < -0.39 is 0 Å². The van der Waals surface area contributed by atoms with Crippen molar-refractivity contribution in [2.75, 3.05) is 25.5 Å². The zero-order chi connectivity index (χ0) is 15.2. The van der Waals surface area contributed by atoms with E-state index in [4.69, 9.17) is 0 Å². The molecule has 4 nitrogen and oxygen atoms in total. The Labute approximate surface area is 127 Å². The number of hydrogen-bond donors (Lipinski definition) is 2. The van der Waals surface area contributed by atoms with Gasteiger partial charge >= 0.3 is 0 Å². The summed E-state index contributed by atoms with van der Waals surface area (Å²) in [6.07, 6.45) is 3.46. The molecule has 0 radical (unpaired) electrons. The minimum atomic E-state index is -0.159. The molecule has 1 amide bonds. The highest BCUT2D eigenvalue weighted by molar-refractivity contribution is 5.91. The SMILES string of the molecule is Cc1ccccc1NC(=O)CCN(C)CC1CCCC1O. The van der Waals surface area contributed by atoms with Gasteiger partial charge in [0, 0.05) is 25.2 Å². The quantitative estimate of drug-likeness (QED) is 0.846. The van der Waals surface area contributed by atoms with Crippen molar-refractivity contribution in [3.05, 3.63) is 29.8 Å². The van der Waals surface area contributed by atoms with Crippen LogP contribution in [0.25, 0.3) is 0 Å². The molecule has 21 heavy (non-hydrogen) atoms. The van der Waals surface area contributed by atoms with Gasteiger partial charge in [-0.05, 0) is 44.4 Å². The summed E-state index contributed by atoms with van der Waals surface area (Å²) in [4.78, 5) is 14.1. The second-order valence-electron chi connectivity index (χ2n) is 6.13. The smallest absolute Gasteiger partial charge is 0.225 e. The molecule has 0 aromatic heterocycles. The number of rotatable bonds is 6. The summed E-state index contributed by atoms with van der Waals surface area (Å²) in [6.45, 7) is 3.59. The molecule has 2 N–H and O–H groups in total. The largest absolute Gasteiger partial charge is 0.393 e. The molecule has 0 aliphatic heterocycles. The summed E-state index contributed by atoms with van der Waals surface area (Å²) in [6, 6.07) is 7.80. The highest BCUT2D eigenvalue weighted by Gasteiger charge is 2.26. The molecule has 4 heteroatoms. The average Bonchev–Trinajstić information content (AvgIpc) is 2.85. The molecule has 1 aliphatic rings. The van der Waals surface area contributed by atoms with Crippen molar-refractivity contribution in [2.45, 2.75) is 38.7 Å². The van der Waals surface area contributed by atoms with Crippen molar-refractivity contribution in [1.29, 1.82) is 0 Å². The normalized spacial score (nSPS) is 21.7. The zero-order valence-corrected chi connectivity index (χ0v) is 13.0. The van der Waals surface area contributed by atoms with Crippen molar-refractivity contribution < 1.29 is 9.90 Å². The van der Waals surface area contributed by atoms with E-state index in [2.05, 4.69) is 10.2 Å². The highest BCUT2D eigenvalue weighted by Crippen LogP contribution is 2.25. The number of benzene rings is 1. The number of nitrogens with zero attached hydrogens (tertiary/aromatic N) is 1. The lowest BCUT2D eigenvalue weighted by atomic mass is 10.1. The average molecular weight is 290 g/mol. The first-order valence-corrected chi connectivity index (χ1v) is 7.78. The molecule has 2 unspecified atom stereocenters. The van der Waals surface area contributed by atoms with Gasteiger partial charge in [-0.3, -0.25) is 4.79 Å². The number of aliphatic hydroxyl groups excluding tert-OH is 1. The summed E-state index contributed by atoms with van der Waals surface area (Å²) < 4.78 is 0. The Bertz CT molecular complexity index is 476. The van der Waals surface area contributed by atoms with Crippen LogP contribution in [0.2, 0.25) is 0 Å². The van der Waals surface area contributed by atoms with E-state index >= 15 is 0 Å². The van der Waals surface area contributed by atoms with Gasteiger partial charge in [0.05, 0.1) is 6.10 Å². The number of aliphatic hydroxyl groups is 1. The third kappa shape index (κ3) is 4.83. The van der Waals surface area contributed by atoms with Crippen LogP contribution in [0.1, 0.15) is 31.2 Å².